The van der Waals surface area contributed by atoms with Crippen molar-refractivity contribution in [3.8, 4) is 5.88 Å². The highest BCUT2D eigenvalue weighted by molar-refractivity contribution is 6.30. The summed E-state index contributed by atoms with van der Waals surface area (Å²) in [7, 11) is 0. The van der Waals surface area contributed by atoms with E-state index < -0.39 is 5.82 Å². The molecule has 5 nitrogen and oxygen atoms in total. The van der Waals surface area contributed by atoms with Crippen LogP contribution < -0.4 is 15.2 Å². The number of aromatic nitrogens is 2. The van der Waals surface area contributed by atoms with E-state index in [2.05, 4.69) is 23.0 Å². The van der Waals surface area contributed by atoms with E-state index in [9.17, 15) is 4.79 Å². The van der Waals surface area contributed by atoms with Gasteiger partial charge in [0.15, 0.2) is 11.0 Å². The molecule has 29 heavy (non-hydrogen) atoms. The lowest BCUT2D eigenvalue weighted by molar-refractivity contribution is 0.275. The summed E-state index contributed by atoms with van der Waals surface area (Å²) >= 11 is 6.09. The van der Waals surface area contributed by atoms with Gasteiger partial charge in [0.05, 0.1) is 29.2 Å². The van der Waals surface area contributed by atoms with Crippen molar-refractivity contribution in [1.82, 2.24) is 9.55 Å². The Morgan fingerprint density at radius 3 is 2.97 bits per heavy atom. The van der Waals surface area contributed by atoms with Crippen LogP contribution >= 0.6 is 11.6 Å². The topological polar surface area (TPSA) is 47.4 Å². The number of pyridine rings is 2. The van der Waals surface area contributed by atoms with Crippen molar-refractivity contribution < 1.29 is 9.13 Å². The van der Waals surface area contributed by atoms with E-state index in [1.54, 1.807) is 24.3 Å². The van der Waals surface area contributed by atoms with Gasteiger partial charge in [-0.3, -0.25) is 4.79 Å². The lowest BCUT2D eigenvalue weighted by atomic mass is 10.1. The molecule has 1 unspecified atom stereocenters. The molecule has 2 aliphatic rings. The third-order valence-corrected chi connectivity index (χ3v) is 5.88. The maximum atomic E-state index is 15.2. The summed E-state index contributed by atoms with van der Waals surface area (Å²) in [6.45, 7) is 8.82. The van der Waals surface area contributed by atoms with Gasteiger partial charge in [-0.15, -0.1) is 0 Å². The zero-order valence-corrected chi connectivity index (χ0v) is 16.9. The van der Waals surface area contributed by atoms with E-state index in [4.69, 9.17) is 16.3 Å². The third kappa shape index (κ3) is 3.46. The molecule has 1 saturated heterocycles. The normalized spacial score (nSPS) is 19.2. The molecule has 2 aromatic heterocycles. The fourth-order valence-corrected chi connectivity index (χ4v) is 4.38. The fourth-order valence-electron chi connectivity index (χ4n) is 4.21. The Kier molecular flexibility index (Phi) is 5.46. The molecule has 0 spiro atoms. The van der Waals surface area contributed by atoms with E-state index in [1.165, 1.54) is 4.57 Å². The van der Waals surface area contributed by atoms with Gasteiger partial charge in [-0.25, -0.2) is 4.39 Å². The number of anilines is 1. The molecular weight excluding hydrogens is 393 g/mol. The van der Waals surface area contributed by atoms with Gasteiger partial charge in [0, 0.05) is 12.6 Å². The summed E-state index contributed by atoms with van der Waals surface area (Å²) in [5, 5.41) is 0.195. The second-order valence-corrected chi connectivity index (χ2v) is 7.75. The number of fused-ring (bicyclic) bond motifs is 2. The number of allylic oxidation sites excluding steroid dienone is 4. The molecular formula is C22H23ClFN3O2. The first-order valence-corrected chi connectivity index (χ1v) is 10.2. The van der Waals surface area contributed by atoms with Crippen LogP contribution in [0.25, 0.3) is 10.9 Å². The highest BCUT2D eigenvalue weighted by atomic mass is 35.5. The Morgan fingerprint density at radius 2 is 2.21 bits per heavy atom. The summed E-state index contributed by atoms with van der Waals surface area (Å²) in [6, 6.07) is 1.69. The predicted octanol–water partition coefficient (Wildman–Crippen LogP) is 4.63. The van der Waals surface area contributed by atoms with Crippen molar-refractivity contribution in [1.29, 1.82) is 0 Å². The molecule has 4 heterocycles. The van der Waals surface area contributed by atoms with E-state index in [0.29, 0.717) is 17.7 Å². The Labute approximate surface area is 173 Å². The first kappa shape index (κ1) is 19.7. The molecule has 152 valence electrons. The van der Waals surface area contributed by atoms with Crippen molar-refractivity contribution in [3.05, 3.63) is 64.3 Å². The summed E-state index contributed by atoms with van der Waals surface area (Å²) in [5.41, 5.74) is 1.22. The summed E-state index contributed by atoms with van der Waals surface area (Å²) in [5.74, 6) is -0.445. The second kappa shape index (κ2) is 8.03. The number of halogens is 2. The van der Waals surface area contributed by atoms with Crippen LogP contribution in [-0.2, 0) is 6.54 Å². The molecule has 2 aliphatic heterocycles. The number of nitrogens with zero attached hydrogens (tertiary/aromatic N) is 3. The summed E-state index contributed by atoms with van der Waals surface area (Å²) < 4.78 is 22.6. The van der Waals surface area contributed by atoms with Gasteiger partial charge in [-0.05, 0) is 18.4 Å². The molecule has 0 radical (unpaired) electrons. The van der Waals surface area contributed by atoms with Gasteiger partial charge >= 0.3 is 0 Å². The van der Waals surface area contributed by atoms with Crippen LogP contribution in [-0.4, -0.2) is 28.7 Å². The standard InChI is InChI=1S/C22H23ClFN3O2/c1-3-8-14(4-2)12-27-17(28)11-16-18-20(27)19(24)21(23)25-22(18)29-13-15-9-6-5-7-10-26(15)16/h3-4,8,11,15H,1-2,5-7,9-10,12-13H2/b14-8+. The molecule has 1 atom stereocenters. The van der Waals surface area contributed by atoms with E-state index in [-0.39, 0.29) is 34.7 Å². The quantitative estimate of drug-likeness (QED) is 0.539. The van der Waals surface area contributed by atoms with Crippen LogP contribution in [0.15, 0.2) is 47.8 Å². The van der Waals surface area contributed by atoms with Gasteiger partial charge in [-0.1, -0.05) is 55.8 Å². The minimum absolute atomic E-state index is 0.115. The maximum Gasteiger partial charge on any atom is 0.253 e. The van der Waals surface area contributed by atoms with Crippen molar-refractivity contribution in [2.24, 2.45) is 0 Å². The molecule has 0 bridgehead atoms. The number of hydrogen-bond donors (Lipinski definition) is 0. The summed E-state index contributed by atoms with van der Waals surface area (Å²) in [6.07, 6.45) is 9.16. The zero-order valence-electron chi connectivity index (χ0n) is 16.2. The number of hydrogen-bond acceptors (Lipinski definition) is 4. The highest BCUT2D eigenvalue weighted by Gasteiger charge is 2.31. The van der Waals surface area contributed by atoms with Crippen LogP contribution in [0.1, 0.15) is 25.7 Å². The second-order valence-electron chi connectivity index (χ2n) is 7.39. The van der Waals surface area contributed by atoms with Gasteiger partial charge < -0.3 is 14.2 Å². The first-order valence-electron chi connectivity index (χ1n) is 9.81. The van der Waals surface area contributed by atoms with Crippen LogP contribution in [0.4, 0.5) is 10.1 Å². The maximum absolute atomic E-state index is 15.2. The van der Waals surface area contributed by atoms with Gasteiger partial charge in [0.25, 0.3) is 5.56 Å². The van der Waals surface area contributed by atoms with E-state index in [0.717, 1.165) is 37.8 Å². The molecule has 0 aromatic carbocycles. The van der Waals surface area contributed by atoms with Crippen LogP contribution in [0.5, 0.6) is 5.88 Å². The Balaban J connectivity index is 2.02. The molecule has 2 aromatic rings. The average molecular weight is 416 g/mol. The van der Waals surface area contributed by atoms with Crippen LogP contribution in [0, 0.1) is 5.82 Å². The monoisotopic (exact) mass is 415 g/mol. The Morgan fingerprint density at radius 1 is 1.38 bits per heavy atom. The summed E-state index contributed by atoms with van der Waals surface area (Å²) in [4.78, 5) is 19.5. The molecule has 0 N–H and O–H groups in total. The number of rotatable bonds is 4. The van der Waals surface area contributed by atoms with Crippen LogP contribution in [0.2, 0.25) is 5.15 Å². The SMILES string of the molecule is C=C/C=C(\C=C)Cn1c(=O)cc2c3c(nc(Cl)c(F)c31)OCC1CCCCCN21. The molecule has 0 saturated carbocycles. The fraction of sp³-hybridized carbons (Fsp3) is 0.364. The Bertz CT molecular complexity index is 1080. The number of ether oxygens (including phenoxy) is 1. The van der Waals surface area contributed by atoms with Gasteiger partial charge in [0.2, 0.25) is 5.88 Å². The minimum atomic E-state index is -0.719. The van der Waals surface area contributed by atoms with Crippen molar-refractivity contribution in [2.75, 3.05) is 18.1 Å². The lowest BCUT2D eigenvalue weighted by Crippen LogP contribution is -2.39. The Hall–Kier alpha value is -2.60. The lowest BCUT2D eigenvalue weighted by Gasteiger charge is -2.30. The highest BCUT2D eigenvalue weighted by Crippen LogP contribution is 2.40. The molecule has 0 amide bonds. The van der Waals surface area contributed by atoms with Crippen LogP contribution in [0.3, 0.4) is 0 Å². The molecule has 1 fully saturated rings. The average Bonchev–Trinajstić information content (AvgIpc) is 3.02. The third-order valence-electron chi connectivity index (χ3n) is 5.63. The largest absolute Gasteiger partial charge is 0.475 e. The molecule has 7 heteroatoms. The predicted molar refractivity (Wildman–Crippen MR) is 115 cm³/mol. The molecule has 0 aliphatic carbocycles. The van der Waals surface area contributed by atoms with Crippen molar-refractivity contribution >= 4 is 28.2 Å². The van der Waals surface area contributed by atoms with Gasteiger partial charge in [-0.2, -0.15) is 4.98 Å². The van der Waals surface area contributed by atoms with Gasteiger partial charge in [0.1, 0.15) is 6.61 Å². The van der Waals surface area contributed by atoms with E-state index >= 15 is 4.39 Å². The molecule has 4 rings (SSSR count). The van der Waals surface area contributed by atoms with E-state index in [1.807, 2.05) is 0 Å². The first-order chi connectivity index (χ1) is 14.0. The zero-order chi connectivity index (χ0) is 20.5. The minimum Gasteiger partial charge on any atom is -0.475 e. The van der Waals surface area contributed by atoms with Crippen molar-refractivity contribution in [3.63, 3.8) is 0 Å². The van der Waals surface area contributed by atoms with Crippen molar-refractivity contribution in [2.45, 2.75) is 38.3 Å². The smallest absolute Gasteiger partial charge is 0.253 e.